The summed E-state index contributed by atoms with van der Waals surface area (Å²) in [5.74, 6) is 0.552. The lowest BCUT2D eigenvalue weighted by molar-refractivity contribution is 0.271. The third-order valence-corrected chi connectivity index (χ3v) is 1.57. The van der Waals surface area contributed by atoms with Crippen molar-refractivity contribution in [3.05, 3.63) is 17.6 Å². The largest absolute Gasteiger partial charge is 0.478 e. The Hall–Kier alpha value is -1.16. The fourth-order valence-corrected chi connectivity index (χ4v) is 0.910. The monoisotopic (exact) mass is 168 g/mol. The van der Waals surface area contributed by atoms with E-state index in [2.05, 4.69) is 9.97 Å². The van der Waals surface area contributed by atoms with Crippen molar-refractivity contribution in [1.82, 2.24) is 9.97 Å². The molecule has 0 aromatic carbocycles. The molecule has 0 spiro atoms. The van der Waals surface area contributed by atoms with Crippen molar-refractivity contribution in [1.29, 1.82) is 0 Å². The molecule has 0 fully saturated rings. The summed E-state index contributed by atoms with van der Waals surface area (Å²) in [7, 11) is 0. The van der Waals surface area contributed by atoms with E-state index in [-0.39, 0.29) is 6.61 Å². The number of nitrogens with zero attached hydrogens (tertiary/aromatic N) is 2. The van der Waals surface area contributed by atoms with Gasteiger partial charge in [-0.2, -0.15) is 0 Å². The van der Waals surface area contributed by atoms with Gasteiger partial charge in [-0.25, -0.2) is 9.97 Å². The number of aliphatic hydroxyl groups excluding tert-OH is 1. The Morgan fingerprint density at radius 3 is 2.83 bits per heavy atom. The molecular weight excluding hydrogens is 156 g/mol. The van der Waals surface area contributed by atoms with E-state index in [4.69, 9.17) is 9.84 Å². The third-order valence-electron chi connectivity index (χ3n) is 1.57. The zero-order valence-corrected chi connectivity index (χ0v) is 7.24. The molecule has 66 valence electrons. The Labute approximate surface area is 71.2 Å². The van der Waals surface area contributed by atoms with Crippen LogP contribution in [-0.2, 0) is 6.61 Å². The number of hydrogen-bond donors (Lipinski definition) is 1. The van der Waals surface area contributed by atoms with Gasteiger partial charge in [-0.3, -0.25) is 0 Å². The van der Waals surface area contributed by atoms with Gasteiger partial charge < -0.3 is 9.84 Å². The summed E-state index contributed by atoms with van der Waals surface area (Å²) in [4.78, 5) is 7.83. The summed E-state index contributed by atoms with van der Waals surface area (Å²) >= 11 is 0. The maximum Gasteiger partial charge on any atom is 0.219 e. The molecule has 0 atom stereocenters. The second kappa shape index (κ2) is 4.01. The van der Waals surface area contributed by atoms with Crippen LogP contribution in [0, 0.1) is 6.92 Å². The van der Waals surface area contributed by atoms with Crippen molar-refractivity contribution < 1.29 is 9.84 Å². The maximum absolute atomic E-state index is 8.87. The van der Waals surface area contributed by atoms with Crippen molar-refractivity contribution >= 4 is 0 Å². The topological polar surface area (TPSA) is 55.2 Å². The number of rotatable bonds is 3. The van der Waals surface area contributed by atoms with Gasteiger partial charge in [-0.05, 0) is 13.8 Å². The summed E-state index contributed by atoms with van der Waals surface area (Å²) in [6.07, 6.45) is 1.39. The molecule has 0 saturated heterocycles. The van der Waals surface area contributed by atoms with Gasteiger partial charge in [0.25, 0.3) is 0 Å². The second-order valence-electron chi connectivity index (χ2n) is 2.34. The van der Waals surface area contributed by atoms with Crippen LogP contribution in [0.5, 0.6) is 5.88 Å². The molecule has 0 unspecified atom stereocenters. The molecule has 1 aromatic heterocycles. The van der Waals surface area contributed by atoms with Crippen molar-refractivity contribution in [2.24, 2.45) is 0 Å². The van der Waals surface area contributed by atoms with E-state index >= 15 is 0 Å². The highest BCUT2D eigenvalue weighted by Gasteiger charge is 2.05. The minimum atomic E-state index is -0.0750. The van der Waals surface area contributed by atoms with Crippen LogP contribution in [0.25, 0.3) is 0 Å². The van der Waals surface area contributed by atoms with Crippen LogP contribution in [0.4, 0.5) is 0 Å². The van der Waals surface area contributed by atoms with Crippen molar-refractivity contribution in [3.8, 4) is 5.88 Å². The molecule has 12 heavy (non-hydrogen) atoms. The molecule has 0 radical (unpaired) electrons. The lowest BCUT2D eigenvalue weighted by atomic mass is 10.2. The Kier molecular flexibility index (Phi) is 2.99. The molecular formula is C8H12N2O2. The first-order valence-electron chi connectivity index (χ1n) is 3.83. The average molecular weight is 168 g/mol. The summed E-state index contributed by atoms with van der Waals surface area (Å²) in [5.41, 5.74) is 1.43. The molecule has 0 bridgehead atoms. The number of aromatic nitrogens is 2. The Morgan fingerprint density at radius 1 is 1.50 bits per heavy atom. The highest BCUT2D eigenvalue weighted by Crippen LogP contribution is 2.15. The van der Waals surface area contributed by atoms with Crippen molar-refractivity contribution in [3.63, 3.8) is 0 Å². The molecule has 0 aliphatic carbocycles. The van der Waals surface area contributed by atoms with Crippen molar-refractivity contribution in [2.45, 2.75) is 20.5 Å². The standard InChI is InChI=1S/C8H12N2O2/c1-3-12-8-6(2)7(4-11)9-5-10-8/h5,11H,3-4H2,1-2H3. The minimum Gasteiger partial charge on any atom is -0.478 e. The van der Waals surface area contributed by atoms with Crippen LogP contribution in [0.1, 0.15) is 18.2 Å². The zero-order valence-electron chi connectivity index (χ0n) is 7.24. The van der Waals surface area contributed by atoms with Gasteiger partial charge in [-0.15, -0.1) is 0 Å². The van der Waals surface area contributed by atoms with Gasteiger partial charge in [0.2, 0.25) is 5.88 Å². The molecule has 4 heteroatoms. The van der Waals surface area contributed by atoms with Crippen LogP contribution in [-0.4, -0.2) is 21.7 Å². The molecule has 0 amide bonds. The van der Waals surface area contributed by atoms with E-state index in [0.717, 1.165) is 5.56 Å². The minimum absolute atomic E-state index is 0.0750. The zero-order chi connectivity index (χ0) is 8.97. The lowest BCUT2D eigenvalue weighted by Gasteiger charge is -2.06. The van der Waals surface area contributed by atoms with Gasteiger partial charge in [-0.1, -0.05) is 0 Å². The molecule has 0 aliphatic heterocycles. The first kappa shape index (κ1) is 8.93. The second-order valence-corrected chi connectivity index (χ2v) is 2.34. The third kappa shape index (κ3) is 1.71. The molecule has 1 N–H and O–H groups in total. The summed E-state index contributed by atoms with van der Waals surface area (Å²) in [6, 6.07) is 0. The quantitative estimate of drug-likeness (QED) is 0.721. The predicted molar refractivity (Wildman–Crippen MR) is 43.9 cm³/mol. The van der Waals surface area contributed by atoms with E-state index in [1.165, 1.54) is 6.33 Å². The van der Waals surface area contributed by atoms with E-state index in [9.17, 15) is 0 Å². The molecule has 1 aromatic rings. The summed E-state index contributed by atoms with van der Waals surface area (Å²) in [5, 5.41) is 8.87. The number of ether oxygens (including phenoxy) is 1. The van der Waals surface area contributed by atoms with Crippen LogP contribution in [0.2, 0.25) is 0 Å². The predicted octanol–water partition coefficient (Wildman–Crippen LogP) is 0.676. The van der Waals surface area contributed by atoms with Crippen LogP contribution in [0.3, 0.4) is 0 Å². The van der Waals surface area contributed by atoms with E-state index in [1.54, 1.807) is 0 Å². The summed E-state index contributed by atoms with van der Waals surface area (Å²) in [6.45, 7) is 4.22. The molecule has 0 aliphatic rings. The smallest absolute Gasteiger partial charge is 0.219 e. The van der Waals surface area contributed by atoms with Crippen LogP contribution >= 0.6 is 0 Å². The van der Waals surface area contributed by atoms with Crippen molar-refractivity contribution in [2.75, 3.05) is 6.61 Å². The van der Waals surface area contributed by atoms with E-state index in [1.807, 2.05) is 13.8 Å². The Morgan fingerprint density at radius 2 is 2.25 bits per heavy atom. The number of hydrogen-bond acceptors (Lipinski definition) is 4. The molecule has 0 saturated carbocycles. The molecule has 1 heterocycles. The molecule has 1 rings (SSSR count). The highest BCUT2D eigenvalue weighted by molar-refractivity contribution is 5.27. The first-order valence-corrected chi connectivity index (χ1v) is 3.83. The van der Waals surface area contributed by atoms with E-state index in [0.29, 0.717) is 18.2 Å². The van der Waals surface area contributed by atoms with Gasteiger partial charge in [0.1, 0.15) is 6.33 Å². The summed E-state index contributed by atoms with van der Waals surface area (Å²) < 4.78 is 5.22. The van der Waals surface area contributed by atoms with E-state index < -0.39 is 0 Å². The van der Waals surface area contributed by atoms with Gasteiger partial charge in [0.05, 0.1) is 18.9 Å². The lowest BCUT2D eigenvalue weighted by Crippen LogP contribution is -2.02. The van der Waals surface area contributed by atoms with Gasteiger partial charge >= 0.3 is 0 Å². The van der Waals surface area contributed by atoms with Gasteiger partial charge in [0.15, 0.2) is 0 Å². The number of aliphatic hydroxyl groups is 1. The Balaban J connectivity index is 2.97. The first-order chi connectivity index (χ1) is 5.79. The Bertz CT molecular complexity index is 263. The highest BCUT2D eigenvalue weighted by atomic mass is 16.5. The van der Waals surface area contributed by atoms with Crippen LogP contribution < -0.4 is 4.74 Å². The normalized spacial score (nSPS) is 9.92. The fourth-order valence-electron chi connectivity index (χ4n) is 0.910. The average Bonchev–Trinajstić information content (AvgIpc) is 2.09. The maximum atomic E-state index is 8.87. The van der Waals surface area contributed by atoms with Crippen LogP contribution in [0.15, 0.2) is 6.33 Å². The van der Waals surface area contributed by atoms with Gasteiger partial charge in [0, 0.05) is 5.56 Å². The SMILES string of the molecule is CCOc1ncnc(CO)c1C. The fraction of sp³-hybridized carbons (Fsp3) is 0.500. The molecule has 4 nitrogen and oxygen atoms in total.